The second-order valence-corrected chi connectivity index (χ2v) is 4.56. The summed E-state index contributed by atoms with van der Waals surface area (Å²) >= 11 is 0. The quantitative estimate of drug-likeness (QED) is 0.779. The number of rotatable bonds is 5. The highest BCUT2D eigenvalue weighted by Crippen LogP contribution is 2.17. The van der Waals surface area contributed by atoms with Gasteiger partial charge in [-0.1, -0.05) is 18.2 Å². The Balaban J connectivity index is 2.60. The molecule has 0 aliphatic carbocycles. The van der Waals surface area contributed by atoms with E-state index in [4.69, 9.17) is 14.7 Å². The molecule has 0 N–H and O–H groups in total. The summed E-state index contributed by atoms with van der Waals surface area (Å²) in [4.78, 5) is 24.3. The lowest BCUT2D eigenvalue weighted by molar-refractivity contribution is 0.0512. The Labute approximate surface area is 132 Å². The average molecular weight is 313 g/mol. The summed E-state index contributed by atoms with van der Waals surface area (Å²) in [5, 5.41) is 12.7. The van der Waals surface area contributed by atoms with Gasteiger partial charge in [-0.3, -0.25) is 4.79 Å². The Kier molecular flexibility index (Phi) is 5.10. The third kappa shape index (κ3) is 3.55. The van der Waals surface area contributed by atoms with E-state index in [-0.39, 0.29) is 24.7 Å². The molecule has 0 atom stereocenters. The van der Waals surface area contributed by atoms with Crippen molar-refractivity contribution in [2.24, 2.45) is 0 Å². The number of benzene rings is 1. The molecule has 0 aliphatic rings. The predicted molar refractivity (Wildman–Crippen MR) is 81.6 cm³/mol. The van der Waals surface area contributed by atoms with Crippen LogP contribution >= 0.6 is 0 Å². The Morgan fingerprint density at radius 1 is 1.39 bits per heavy atom. The number of hydrogen-bond donors (Lipinski definition) is 0. The summed E-state index contributed by atoms with van der Waals surface area (Å²) in [5.74, 6) is -0.789. The molecule has 7 heteroatoms. The van der Waals surface area contributed by atoms with Crippen LogP contribution in [0.4, 0.5) is 0 Å². The molecule has 0 fully saturated rings. The molecule has 0 radical (unpaired) electrons. The third-order valence-corrected chi connectivity index (χ3v) is 3.00. The minimum Gasteiger partial charge on any atom is -0.476 e. The molecule has 23 heavy (non-hydrogen) atoms. The van der Waals surface area contributed by atoms with Gasteiger partial charge in [-0.15, -0.1) is 0 Å². The van der Waals surface area contributed by atoms with Gasteiger partial charge in [-0.2, -0.15) is 15.0 Å². The van der Waals surface area contributed by atoms with E-state index in [0.717, 1.165) is 16.3 Å². The maximum atomic E-state index is 12.3. The van der Waals surface area contributed by atoms with Crippen molar-refractivity contribution >= 4 is 5.97 Å². The highest BCUT2D eigenvalue weighted by molar-refractivity contribution is 5.90. The summed E-state index contributed by atoms with van der Waals surface area (Å²) in [6.07, 6.45) is 0. The molecule has 0 spiro atoms. The lowest BCUT2D eigenvalue weighted by Gasteiger charge is -2.12. The van der Waals surface area contributed by atoms with E-state index in [0.29, 0.717) is 5.69 Å². The van der Waals surface area contributed by atoms with Crippen LogP contribution in [0.1, 0.15) is 23.0 Å². The lowest BCUT2D eigenvalue weighted by Crippen LogP contribution is -2.25. The summed E-state index contributed by atoms with van der Waals surface area (Å²) in [6, 6.07) is 10.0. The molecule has 1 aromatic carbocycles. The van der Waals surface area contributed by atoms with E-state index in [1.54, 1.807) is 25.1 Å². The smallest absolute Gasteiger partial charge is 0.362 e. The molecule has 0 amide bonds. The van der Waals surface area contributed by atoms with Crippen molar-refractivity contribution in [3.8, 4) is 17.5 Å². The standard InChI is InChI=1S/C16H15N3O4/c1-3-22-16(21)15-13(23-9-8-17)10-14(20)19(18-15)12-7-5-4-6-11(12)2/h4-7,10H,3,9H2,1-2H3. The summed E-state index contributed by atoms with van der Waals surface area (Å²) < 4.78 is 11.2. The molecule has 7 nitrogen and oxygen atoms in total. The Hall–Kier alpha value is -3.14. The number of ether oxygens (including phenoxy) is 2. The summed E-state index contributed by atoms with van der Waals surface area (Å²) in [5.41, 5.74) is 0.753. The van der Waals surface area contributed by atoms with Crippen molar-refractivity contribution in [3.05, 3.63) is 51.9 Å². The molecule has 0 bridgehead atoms. The van der Waals surface area contributed by atoms with Gasteiger partial charge in [0.1, 0.15) is 6.07 Å². The highest BCUT2D eigenvalue weighted by Gasteiger charge is 2.20. The molecular weight excluding hydrogens is 298 g/mol. The average Bonchev–Trinajstić information content (AvgIpc) is 2.54. The Morgan fingerprint density at radius 3 is 2.78 bits per heavy atom. The fourth-order valence-electron chi connectivity index (χ4n) is 1.97. The SMILES string of the molecule is CCOC(=O)c1nn(-c2ccccc2C)c(=O)cc1OCC#N. The number of esters is 1. The number of hydrogen-bond acceptors (Lipinski definition) is 6. The van der Waals surface area contributed by atoms with Crippen LogP contribution in [-0.4, -0.2) is 29.0 Å². The van der Waals surface area contributed by atoms with E-state index < -0.39 is 11.5 Å². The minimum atomic E-state index is -0.720. The predicted octanol–water partition coefficient (Wildman–Crippen LogP) is 1.62. The van der Waals surface area contributed by atoms with Crippen molar-refractivity contribution in [2.45, 2.75) is 13.8 Å². The van der Waals surface area contributed by atoms with E-state index in [1.807, 2.05) is 19.1 Å². The highest BCUT2D eigenvalue weighted by atomic mass is 16.5. The van der Waals surface area contributed by atoms with Gasteiger partial charge in [0.2, 0.25) is 5.69 Å². The van der Waals surface area contributed by atoms with Crippen LogP contribution in [-0.2, 0) is 4.74 Å². The molecule has 0 saturated carbocycles. The third-order valence-electron chi connectivity index (χ3n) is 3.00. The first-order chi connectivity index (χ1) is 11.1. The zero-order valence-corrected chi connectivity index (χ0v) is 12.8. The number of aromatic nitrogens is 2. The van der Waals surface area contributed by atoms with Crippen LogP contribution in [0.5, 0.6) is 5.75 Å². The largest absolute Gasteiger partial charge is 0.476 e. The number of para-hydroxylation sites is 1. The summed E-state index contributed by atoms with van der Waals surface area (Å²) in [6.45, 7) is 3.34. The van der Waals surface area contributed by atoms with Crippen molar-refractivity contribution in [1.82, 2.24) is 9.78 Å². The normalized spacial score (nSPS) is 9.96. The zero-order chi connectivity index (χ0) is 16.8. The zero-order valence-electron chi connectivity index (χ0n) is 12.8. The van der Waals surface area contributed by atoms with Gasteiger partial charge < -0.3 is 9.47 Å². The molecule has 0 aliphatic heterocycles. The molecule has 0 saturated heterocycles. The van der Waals surface area contributed by atoms with Gasteiger partial charge >= 0.3 is 5.97 Å². The number of nitrogens with zero attached hydrogens (tertiary/aromatic N) is 3. The number of nitriles is 1. The van der Waals surface area contributed by atoms with Crippen LogP contribution < -0.4 is 10.3 Å². The first-order valence-electron chi connectivity index (χ1n) is 6.95. The first-order valence-corrected chi connectivity index (χ1v) is 6.95. The van der Waals surface area contributed by atoms with Crippen molar-refractivity contribution < 1.29 is 14.3 Å². The van der Waals surface area contributed by atoms with Crippen LogP contribution in [0.25, 0.3) is 5.69 Å². The van der Waals surface area contributed by atoms with Gasteiger partial charge in [0, 0.05) is 0 Å². The monoisotopic (exact) mass is 313 g/mol. The topological polar surface area (TPSA) is 94.2 Å². The van der Waals surface area contributed by atoms with Crippen LogP contribution in [0.2, 0.25) is 0 Å². The first kappa shape index (κ1) is 16.2. The lowest BCUT2D eigenvalue weighted by atomic mass is 10.2. The van der Waals surface area contributed by atoms with Gasteiger partial charge in [0.25, 0.3) is 5.56 Å². The van der Waals surface area contributed by atoms with Gasteiger partial charge in [0.05, 0.1) is 18.4 Å². The molecule has 0 unspecified atom stereocenters. The number of carbonyl (C=O) groups excluding carboxylic acids is 1. The second kappa shape index (κ2) is 7.22. The number of aryl methyl sites for hydroxylation is 1. The molecule has 1 heterocycles. The van der Waals surface area contributed by atoms with Crippen molar-refractivity contribution in [3.63, 3.8) is 0 Å². The van der Waals surface area contributed by atoms with Crippen molar-refractivity contribution in [2.75, 3.05) is 13.2 Å². The van der Waals surface area contributed by atoms with Gasteiger partial charge in [-0.25, -0.2) is 4.79 Å². The number of carbonyl (C=O) groups is 1. The van der Waals surface area contributed by atoms with Crippen LogP contribution in [0, 0.1) is 18.3 Å². The maximum Gasteiger partial charge on any atom is 0.362 e. The molecule has 1 aromatic heterocycles. The molecule has 2 aromatic rings. The molecule has 2 rings (SSSR count). The van der Waals surface area contributed by atoms with Gasteiger partial charge in [-0.05, 0) is 25.5 Å². The van der Waals surface area contributed by atoms with Gasteiger partial charge in [0.15, 0.2) is 12.4 Å². The van der Waals surface area contributed by atoms with Crippen LogP contribution in [0.3, 0.4) is 0 Å². The van der Waals surface area contributed by atoms with E-state index in [9.17, 15) is 9.59 Å². The molecule has 118 valence electrons. The van der Waals surface area contributed by atoms with Crippen molar-refractivity contribution in [1.29, 1.82) is 5.26 Å². The Bertz CT molecular complexity index is 821. The summed E-state index contributed by atoms with van der Waals surface area (Å²) in [7, 11) is 0. The fraction of sp³-hybridized carbons (Fsp3) is 0.250. The van der Waals surface area contributed by atoms with Crippen LogP contribution in [0.15, 0.2) is 35.1 Å². The molecular formula is C16H15N3O4. The Morgan fingerprint density at radius 2 is 2.13 bits per heavy atom. The second-order valence-electron chi connectivity index (χ2n) is 4.56. The van der Waals surface area contributed by atoms with E-state index in [2.05, 4.69) is 5.10 Å². The fourth-order valence-corrected chi connectivity index (χ4v) is 1.97. The van der Waals surface area contributed by atoms with E-state index >= 15 is 0 Å². The van der Waals surface area contributed by atoms with E-state index in [1.165, 1.54) is 0 Å². The maximum absolute atomic E-state index is 12.3. The minimum absolute atomic E-state index is 0.0696.